The first-order valence-electron chi connectivity index (χ1n) is 14.5. The van der Waals surface area contributed by atoms with Crippen LogP contribution in [0.2, 0.25) is 0 Å². The molecule has 0 nitrogen and oxygen atoms in total. The second-order valence-electron chi connectivity index (χ2n) is 11.8. The maximum Gasteiger partial charge on any atom is 0.0158 e. The number of aryl methyl sites for hydroxylation is 1. The van der Waals surface area contributed by atoms with Crippen LogP contribution >= 0.6 is 0 Å². The van der Waals surface area contributed by atoms with E-state index in [-0.39, 0.29) is 5.41 Å². The minimum atomic E-state index is -0.135. The van der Waals surface area contributed by atoms with Gasteiger partial charge in [0.25, 0.3) is 0 Å². The molecule has 0 aliphatic heterocycles. The topological polar surface area (TPSA) is 0 Å². The average Bonchev–Trinajstić information content (AvgIpc) is 3.13. The van der Waals surface area contributed by atoms with Crippen LogP contribution in [0, 0.1) is 12.8 Å². The third kappa shape index (κ3) is 5.78. The van der Waals surface area contributed by atoms with Crippen molar-refractivity contribution in [3.63, 3.8) is 0 Å². The molecule has 1 aliphatic rings. The first-order valence-corrected chi connectivity index (χ1v) is 14.5. The van der Waals surface area contributed by atoms with Crippen molar-refractivity contribution in [2.24, 2.45) is 5.92 Å². The molecule has 0 bridgehead atoms. The number of benzene rings is 2. The van der Waals surface area contributed by atoms with E-state index in [1.165, 1.54) is 61.3 Å². The lowest BCUT2D eigenvalue weighted by atomic mass is 9.76. The molecule has 2 atom stereocenters. The van der Waals surface area contributed by atoms with Crippen molar-refractivity contribution in [2.75, 3.05) is 0 Å². The zero-order valence-electron chi connectivity index (χ0n) is 26.1. The largest absolute Gasteiger partial charge is 0.103 e. The van der Waals surface area contributed by atoms with Gasteiger partial charge in [-0.05, 0) is 113 Å². The molecule has 3 rings (SSSR count). The zero-order chi connectivity index (χ0) is 29.8. The Morgan fingerprint density at radius 3 is 2.23 bits per heavy atom. The van der Waals surface area contributed by atoms with Crippen LogP contribution in [-0.4, -0.2) is 0 Å². The molecular weight excluding hydrogens is 480 g/mol. The smallest absolute Gasteiger partial charge is 0.0158 e. The van der Waals surface area contributed by atoms with E-state index in [2.05, 4.69) is 136 Å². The molecule has 0 saturated heterocycles. The molecular formula is C40H48. The van der Waals surface area contributed by atoms with Crippen molar-refractivity contribution in [3.8, 4) is 0 Å². The Morgan fingerprint density at radius 1 is 0.975 bits per heavy atom. The maximum atomic E-state index is 4.53. The van der Waals surface area contributed by atoms with Crippen LogP contribution < -0.4 is 0 Å². The van der Waals surface area contributed by atoms with Crippen LogP contribution in [0.3, 0.4) is 0 Å². The third-order valence-corrected chi connectivity index (χ3v) is 9.06. The quantitative estimate of drug-likeness (QED) is 0.212. The van der Waals surface area contributed by atoms with Crippen LogP contribution in [-0.2, 0) is 5.41 Å². The van der Waals surface area contributed by atoms with Crippen molar-refractivity contribution in [1.29, 1.82) is 0 Å². The predicted molar refractivity (Wildman–Crippen MR) is 180 cm³/mol. The lowest BCUT2D eigenvalue weighted by Gasteiger charge is -2.28. The number of hydrogen-bond acceptors (Lipinski definition) is 0. The van der Waals surface area contributed by atoms with Gasteiger partial charge in [0, 0.05) is 5.41 Å². The van der Waals surface area contributed by atoms with Gasteiger partial charge < -0.3 is 0 Å². The molecule has 0 amide bonds. The SMILES string of the molecule is C=CC/C(C=C)=C(C)\C=C1/C(=C)c2ccc(C(C)C(C)C(=C/C)/C(C=C)=C(\C)c3ccccc3C)cc2C1(C)C. The predicted octanol–water partition coefficient (Wildman–Crippen LogP) is 11.7. The van der Waals surface area contributed by atoms with Gasteiger partial charge in [0.1, 0.15) is 0 Å². The van der Waals surface area contributed by atoms with Gasteiger partial charge in [0.2, 0.25) is 0 Å². The van der Waals surface area contributed by atoms with Crippen molar-refractivity contribution in [1.82, 2.24) is 0 Å². The first-order chi connectivity index (χ1) is 18.9. The molecule has 0 saturated carbocycles. The monoisotopic (exact) mass is 528 g/mol. The molecule has 1 aliphatic carbocycles. The summed E-state index contributed by atoms with van der Waals surface area (Å²) in [6.45, 7) is 34.8. The summed E-state index contributed by atoms with van der Waals surface area (Å²) < 4.78 is 0. The highest BCUT2D eigenvalue weighted by Gasteiger charge is 2.38. The molecule has 0 heterocycles. The Hall–Kier alpha value is -3.64. The average molecular weight is 529 g/mol. The third-order valence-electron chi connectivity index (χ3n) is 9.06. The van der Waals surface area contributed by atoms with E-state index < -0.39 is 0 Å². The molecule has 0 aromatic heterocycles. The first kappa shape index (κ1) is 30.9. The minimum Gasteiger partial charge on any atom is -0.103 e. The Morgan fingerprint density at radius 2 is 1.65 bits per heavy atom. The normalized spacial score (nSPS) is 18.4. The second kappa shape index (κ2) is 12.7. The Kier molecular flexibility index (Phi) is 9.80. The molecule has 2 aromatic carbocycles. The van der Waals surface area contributed by atoms with Gasteiger partial charge >= 0.3 is 0 Å². The van der Waals surface area contributed by atoms with E-state index in [1.807, 2.05) is 18.2 Å². The van der Waals surface area contributed by atoms with Gasteiger partial charge in [-0.1, -0.05) is 120 Å². The van der Waals surface area contributed by atoms with Gasteiger partial charge in [0.05, 0.1) is 0 Å². The highest BCUT2D eigenvalue weighted by Crippen LogP contribution is 2.50. The highest BCUT2D eigenvalue weighted by atomic mass is 14.4. The van der Waals surface area contributed by atoms with Gasteiger partial charge in [0.15, 0.2) is 0 Å². The summed E-state index contributed by atoms with van der Waals surface area (Å²) in [7, 11) is 0. The fourth-order valence-corrected chi connectivity index (χ4v) is 6.28. The highest BCUT2D eigenvalue weighted by molar-refractivity contribution is 5.89. The van der Waals surface area contributed by atoms with Crippen molar-refractivity contribution in [2.45, 2.75) is 73.1 Å². The number of fused-ring (bicyclic) bond motifs is 1. The summed E-state index contributed by atoms with van der Waals surface area (Å²) in [4.78, 5) is 0. The molecule has 0 spiro atoms. The van der Waals surface area contributed by atoms with Crippen molar-refractivity contribution < 1.29 is 0 Å². The van der Waals surface area contributed by atoms with E-state index in [0.29, 0.717) is 11.8 Å². The summed E-state index contributed by atoms with van der Waals surface area (Å²) in [6, 6.07) is 15.6. The van der Waals surface area contributed by atoms with Crippen LogP contribution in [0.5, 0.6) is 0 Å². The summed E-state index contributed by atoms with van der Waals surface area (Å²) in [5, 5.41) is 0. The Labute approximate surface area is 244 Å². The molecule has 0 N–H and O–H groups in total. The van der Waals surface area contributed by atoms with E-state index in [1.54, 1.807) is 0 Å². The van der Waals surface area contributed by atoms with Gasteiger partial charge in [-0.3, -0.25) is 0 Å². The number of hydrogen-bond donors (Lipinski definition) is 0. The van der Waals surface area contributed by atoms with E-state index in [9.17, 15) is 0 Å². The summed E-state index contributed by atoms with van der Waals surface area (Å²) in [5.74, 6) is 0.645. The lowest BCUT2D eigenvalue weighted by molar-refractivity contribution is 0.564. The van der Waals surface area contributed by atoms with Crippen LogP contribution in [0.25, 0.3) is 11.1 Å². The van der Waals surface area contributed by atoms with E-state index in [4.69, 9.17) is 0 Å². The van der Waals surface area contributed by atoms with Crippen LogP contribution in [0.1, 0.15) is 88.6 Å². The molecule has 208 valence electrons. The van der Waals surface area contributed by atoms with Gasteiger partial charge in [-0.15, -0.1) is 6.58 Å². The molecule has 0 heteroatoms. The summed E-state index contributed by atoms with van der Waals surface area (Å²) in [6.07, 6.45) is 11.3. The van der Waals surface area contributed by atoms with Crippen LogP contribution in [0.15, 0.2) is 127 Å². The Balaban J connectivity index is 2.03. The summed E-state index contributed by atoms with van der Waals surface area (Å²) in [5.41, 5.74) is 15.1. The van der Waals surface area contributed by atoms with E-state index in [0.717, 1.165) is 12.0 Å². The Bertz CT molecular complexity index is 1460. The second-order valence-corrected chi connectivity index (χ2v) is 11.8. The number of rotatable bonds is 10. The fraction of sp³-hybridized carbons (Fsp3) is 0.300. The van der Waals surface area contributed by atoms with Crippen molar-refractivity contribution >= 4 is 11.1 Å². The maximum absolute atomic E-state index is 4.53. The van der Waals surface area contributed by atoms with E-state index >= 15 is 0 Å². The molecule has 2 aromatic rings. The lowest BCUT2D eigenvalue weighted by Crippen LogP contribution is -2.17. The minimum absolute atomic E-state index is 0.135. The molecule has 2 unspecified atom stereocenters. The van der Waals surface area contributed by atoms with Crippen LogP contribution in [0.4, 0.5) is 0 Å². The molecule has 0 fully saturated rings. The van der Waals surface area contributed by atoms with Crippen molar-refractivity contribution in [3.05, 3.63) is 155 Å². The van der Waals surface area contributed by atoms with Gasteiger partial charge in [-0.2, -0.15) is 0 Å². The summed E-state index contributed by atoms with van der Waals surface area (Å²) >= 11 is 0. The number of allylic oxidation sites excluding steroid dienone is 12. The zero-order valence-corrected chi connectivity index (χ0v) is 26.1. The fourth-order valence-electron chi connectivity index (χ4n) is 6.28. The molecule has 40 heavy (non-hydrogen) atoms. The van der Waals surface area contributed by atoms with Gasteiger partial charge in [-0.25, -0.2) is 0 Å². The molecule has 0 radical (unpaired) electrons. The standard InChI is InChI=1S/C40H48/c1-13-19-32(14-2)27(6)24-38-31(10)37-23-22-33(25-39(37)40(38,11)12)28(7)29(8)34(15-3)35(16-4)30(9)36-21-18-17-20-26(36)5/h13-18,20-25,28-29H,1-2,4,10,19H2,3,5-9,11-12H3/b32-27-,34-15-,35-30+,38-24+.